The first-order chi connectivity index (χ1) is 9.81. The van der Waals surface area contributed by atoms with Crippen molar-refractivity contribution in [3.8, 4) is 0 Å². The SMILES string of the molecule is CN(Cc1cn(C)c(=O)n(C)c1=O)C(=O)c1nc(N)n[nH]1. The second-order valence-corrected chi connectivity index (χ2v) is 4.62. The van der Waals surface area contributed by atoms with Crippen molar-refractivity contribution in [2.75, 3.05) is 12.8 Å². The topological polar surface area (TPSA) is 132 Å². The summed E-state index contributed by atoms with van der Waals surface area (Å²) < 4.78 is 2.27. The van der Waals surface area contributed by atoms with E-state index in [-0.39, 0.29) is 18.3 Å². The maximum absolute atomic E-state index is 12.1. The highest BCUT2D eigenvalue weighted by Gasteiger charge is 2.18. The van der Waals surface area contributed by atoms with Crippen LogP contribution in [0.4, 0.5) is 5.95 Å². The highest BCUT2D eigenvalue weighted by molar-refractivity contribution is 5.90. The Kier molecular flexibility index (Phi) is 3.61. The van der Waals surface area contributed by atoms with Crippen molar-refractivity contribution in [2.45, 2.75) is 6.54 Å². The molecule has 10 heteroatoms. The first kappa shape index (κ1) is 14.5. The van der Waals surface area contributed by atoms with Crippen molar-refractivity contribution in [3.63, 3.8) is 0 Å². The molecule has 0 aliphatic carbocycles. The Morgan fingerprint density at radius 3 is 2.67 bits per heavy atom. The Bertz CT molecular complexity index is 801. The maximum Gasteiger partial charge on any atom is 0.330 e. The number of carbonyl (C=O) groups excluding carboxylic acids is 1. The Hall–Kier alpha value is -2.91. The molecule has 2 rings (SSSR count). The second-order valence-electron chi connectivity index (χ2n) is 4.62. The third kappa shape index (κ3) is 2.68. The molecule has 1 amide bonds. The molecule has 2 aromatic rings. The number of anilines is 1. The molecule has 0 fully saturated rings. The largest absolute Gasteiger partial charge is 0.366 e. The van der Waals surface area contributed by atoms with Gasteiger partial charge in [0.15, 0.2) is 0 Å². The molecule has 0 radical (unpaired) electrons. The fourth-order valence-electron chi connectivity index (χ4n) is 1.87. The molecule has 3 N–H and O–H groups in total. The van der Waals surface area contributed by atoms with Crippen LogP contribution in [0.3, 0.4) is 0 Å². The molecule has 112 valence electrons. The fourth-order valence-corrected chi connectivity index (χ4v) is 1.87. The molecule has 0 unspecified atom stereocenters. The van der Waals surface area contributed by atoms with E-state index in [9.17, 15) is 14.4 Å². The monoisotopic (exact) mass is 293 g/mol. The predicted octanol–water partition coefficient (Wildman–Crippen LogP) is -1.94. The van der Waals surface area contributed by atoms with Crippen LogP contribution in [0.25, 0.3) is 0 Å². The van der Waals surface area contributed by atoms with Crippen molar-refractivity contribution in [1.29, 1.82) is 0 Å². The molecule has 10 nitrogen and oxygen atoms in total. The number of aromatic amines is 1. The van der Waals surface area contributed by atoms with Gasteiger partial charge in [-0.05, 0) is 0 Å². The fraction of sp³-hybridized carbons (Fsp3) is 0.364. The number of H-pyrrole nitrogens is 1. The lowest BCUT2D eigenvalue weighted by Gasteiger charge is -2.16. The van der Waals surface area contributed by atoms with Gasteiger partial charge in [-0.15, -0.1) is 5.10 Å². The smallest absolute Gasteiger partial charge is 0.330 e. The number of amides is 1. The van der Waals surface area contributed by atoms with Gasteiger partial charge >= 0.3 is 5.69 Å². The van der Waals surface area contributed by atoms with Crippen LogP contribution in [0, 0.1) is 0 Å². The molecule has 0 atom stereocenters. The van der Waals surface area contributed by atoms with Gasteiger partial charge in [0.2, 0.25) is 11.8 Å². The first-order valence-electron chi connectivity index (χ1n) is 6.00. The number of rotatable bonds is 3. The van der Waals surface area contributed by atoms with Crippen LogP contribution in [0.15, 0.2) is 15.8 Å². The van der Waals surface area contributed by atoms with Crippen molar-refractivity contribution < 1.29 is 4.79 Å². The number of aromatic nitrogens is 5. The van der Waals surface area contributed by atoms with Gasteiger partial charge in [-0.25, -0.2) is 4.79 Å². The molecule has 0 saturated heterocycles. The lowest BCUT2D eigenvalue weighted by atomic mass is 10.3. The van der Waals surface area contributed by atoms with Crippen molar-refractivity contribution in [2.24, 2.45) is 14.1 Å². The van der Waals surface area contributed by atoms with E-state index in [0.717, 1.165) is 4.57 Å². The molecule has 21 heavy (non-hydrogen) atoms. The van der Waals surface area contributed by atoms with Gasteiger partial charge in [0.1, 0.15) is 0 Å². The lowest BCUT2D eigenvalue weighted by molar-refractivity contribution is 0.0772. The molecule has 0 aliphatic heterocycles. The van der Waals surface area contributed by atoms with E-state index in [4.69, 9.17) is 5.73 Å². The highest BCUT2D eigenvalue weighted by Crippen LogP contribution is 2.02. The molecule has 0 saturated carbocycles. The molecule has 0 aromatic carbocycles. The number of nitrogen functional groups attached to an aromatic ring is 1. The summed E-state index contributed by atoms with van der Waals surface area (Å²) in [4.78, 5) is 40.7. The average molecular weight is 293 g/mol. The van der Waals surface area contributed by atoms with E-state index < -0.39 is 17.2 Å². The average Bonchev–Trinajstić information content (AvgIpc) is 2.88. The van der Waals surface area contributed by atoms with Gasteiger partial charge in [0.25, 0.3) is 11.5 Å². The summed E-state index contributed by atoms with van der Waals surface area (Å²) >= 11 is 0. The third-order valence-corrected chi connectivity index (χ3v) is 2.98. The number of nitrogens with two attached hydrogens (primary N) is 1. The quantitative estimate of drug-likeness (QED) is 0.676. The van der Waals surface area contributed by atoms with E-state index in [1.165, 1.54) is 36.8 Å². The van der Waals surface area contributed by atoms with Gasteiger partial charge in [-0.3, -0.25) is 19.3 Å². The zero-order valence-electron chi connectivity index (χ0n) is 11.8. The molecule has 0 aliphatic rings. The van der Waals surface area contributed by atoms with E-state index in [0.29, 0.717) is 5.56 Å². The molecule has 2 heterocycles. The van der Waals surface area contributed by atoms with E-state index in [1.807, 2.05) is 0 Å². The number of nitrogens with zero attached hydrogens (tertiary/aromatic N) is 5. The van der Waals surface area contributed by atoms with Gasteiger partial charge in [-0.2, -0.15) is 4.98 Å². The minimum absolute atomic E-state index is 0.0170. The standard InChI is InChI=1S/C11H15N7O3/c1-16(9(20)7-13-10(12)15-14-7)4-6-5-17(2)11(21)18(3)8(6)19/h5H,4H2,1-3H3,(H3,12,13,14,15). The van der Waals surface area contributed by atoms with Crippen LogP contribution in [-0.4, -0.2) is 42.2 Å². The summed E-state index contributed by atoms with van der Waals surface area (Å²) in [6.45, 7) is 0.0280. The van der Waals surface area contributed by atoms with Crippen LogP contribution < -0.4 is 17.0 Å². The second kappa shape index (κ2) is 5.23. The number of carbonyl (C=O) groups is 1. The van der Waals surface area contributed by atoms with Crippen molar-refractivity contribution in [3.05, 3.63) is 38.4 Å². The van der Waals surface area contributed by atoms with Crippen molar-refractivity contribution in [1.82, 2.24) is 29.2 Å². The van der Waals surface area contributed by atoms with Crippen LogP contribution in [0.2, 0.25) is 0 Å². The predicted molar refractivity (Wildman–Crippen MR) is 73.5 cm³/mol. The normalized spacial score (nSPS) is 10.6. The Balaban J connectivity index is 2.28. The summed E-state index contributed by atoms with van der Waals surface area (Å²) in [6, 6.07) is 0. The first-order valence-corrected chi connectivity index (χ1v) is 6.00. The van der Waals surface area contributed by atoms with E-state index >= 15 is 0 Å². The van der Waals surface area contributed by atoms with Crippen LogP contribution in [0.5, 0.6) is 0 Å². The number of nitrogens with one attached hydrogen (secondary N) is 1. The molecule has 0 bridgehead atoms. The van der Waals surface area contributed by atoms with Gasteiger partial charge in [-0.1, -0.05) is 0 Å². The zero-order valence-corrected chi connectivity index (χ0v) is 11.8. The van der Waals surface area contributed by atoms with Crippen molar-refractivity contribution >= 4 is 11.9 Å². The Morgan fingerprint density at radius 1 is 1.43 bits per heavy atom. The van der Waals surface area contributed by atoms with Gasteiger partial charge in [0.05, 0.1) is 12.1 Å². The number of aryl methyl sites for hydroxylation is 1. The summed E-state index contributed by atoms with van der Waals surface area (Å²) in [7, 11) is 4.42. The summed E-state index contributed by atoms with van der Waals surface area (Å²) in [5.74, 6) is -0.517. The van der Waals surface area contributed by atoms with Gasteiger partial charge in [0, 0.05) is 27.3 Å². The number of hydrogen-bond acceptors (Lipinski definition) is 6. The zero-order chi connectivity index (χ0) is 15.7. The molecule has 2 aromatic heterocycles. The Labute approximate surface area is 118 Å². The molecule has 0 spiro atoms. The van der Waals surface area contributed by atoms with Crippen LogP contribution in [0.1, 0.15) is 16.2 Å². The Morgan fingerprint density at radius 2 is 2.10 bits per heavy atom. The summed E-state index contributed by atoms with van der Waals surface area (Å²) in [5.41, 5.74) is 4.76. The van der Waals surface area contributed by atoms with E-state index in [1.54, 1.807) is 0 Å². The van der Waals surface area contributed by atoms with Crippen LogP contribution in [-0.2, 0) is 20.6 Å². The minimum Gasteiger partial charge on any atom is -0.366 e. The highest BCUT2D eigenvalue weighted by atomic mass is 16.2. The van der Waals surface area contributed by atoms with E-state index in [2.05, 4.69) is 15.2 Å². The molecular weight excluding hydrogens is 278 g/mol. The summed E-state index contributed by atoms with van der Waals surface area (Å²) in [5, 5.41) is 5.97. The lowest BCUT2D eigenvalue weighted by Crippen LogP contribution is -2.40. The third-order valence-electron chi connectivity index (χ3n) is 2.98. The minimum atomic E-state index is -0.463. The summed E-state index contributed by atoms with van der Waals surface area (Å²) in [6.07, 6.45) is 1.41. The number of hydrogen-bond donors (Lipinski definition) is 2. The van der Waals surface area contributed by atoms with Crippen LogP contribution >= 0.6 is 0 Å². The molecular formula is C11H15N7O3. The maximum atomic E-state index is 12.1. The van der Waals surface area contributed by atoms with Gasteiger partial charge < -0.3 is 15.2 Å².